The van der Waals surface area contributed by atoms with Crippen molar-refractivity contribution in [2.45, 2.75) is 40.7 Å². The van der Waals surface area contributed by atoms with Crippen LogP contribution in [0.1, 0.15) is 43.1 Å². The minimum absolute atomic E-state index is 0.0929. The maximum Gasteiger partial charge on any atom is 0.261 e. The van der Waals surface area contributed by atoms with Gasteiger partial charge in [0.1, 0.15) is 4.83 Å². The van der Waals surface area contributed by atoms with E-state index in [4.69, 9.17) is 0 Å². The second kappa shape index (κ2) is 6.01. The number of nitrogens with one attached hydrogen (secondary N) is 1. The van der Waals surface area contributed by atoms with Crippen molar-refractivity contribution in [1.82, 2.24) is 15.1 Å². The molecule has 0 bridgehead atoms. The molecule has 2 aromatic heterocycles. The zero-order chi connectivity index (χ0) is 16.7. The Labute approximate surface area is 135 Å². The Hall–Kier alpha value is -1.40. The molecule has 0 aromatic carbocycles. The molecular formula is C16H25N3O2S. The molecule has 0 aliphatic rings. The van der Waals surface area contributed by atoms with E-state index in [2.05, 4.69) is 10.4 Å². The van der Waals surface area contributed by atoms with Crippen LogP contribution >= 0.6 is 11.3 Å². The van der Waals surface area contributed by atoms with Crippen molar-refractivity contribution >= 4 is 27.5 Å². The molecule has 0 aliphatic heterocycles. The Kier molecular flexibility index (Phi) is 4.63. The Morgan fingerprint density at radius 1 is 1.50 bits per heavy atom. The first-order valence-corrected chi connectivity index (χ1v) is 8.34. The van der Waals surface area contributed by atoms with E-state index in [1.54, 1.807) is 4.68 Å². The van der Waals surface area contributed by atoms with E-state index in [1.807, 2.05) is 47.7 Å². The maximum atomic E-state index is 12.4. The third-order valence-electron chi connectivity index (χ3n) is 4.06. The highest BCUT2D eigenvalue weighted by atomic mass is 32.1. The van der Waals surface area contributed by atoms with E-state index in [9.17, 15) is 9.90 Å². The van der Waals surface area contributed by atoms with Gasteiger partial charge in [0.15, 0.2) is 0 Å². The van der Waals surface area contributed by atoms with Crippen LogP contribution in [0.2, 0.25) is 0 Å². The van der Waals surface area contributed by atoms with Crippen LogP contribution < -0.4 is 5.32 Å². The molecule has 122 valence electrons. The van der Waals surface area contributed by atoms with E-state index in [0.717, 1.165) is 15.9 Å². The number of aliphatic hydroxyl groups excluding tert-OH is 1. The fraction of sp³-hybridized carbons (Fsp3) is 0.625. The highest BCUT2D eigenvalue weighted by Crippen LogP contribution is 2.28. The predicted octanol–water partition coefficient (Wildman–Crippen LogP) is 2.72. The zero-order valence-electron chi connectivity index (χ0n) is 14.1. The van der Waals surface area contributed by atoms with Crippen LogP contribution in [0, 0.1) is 18.3 Å². The van der Waals surface area contributed by atoms with Crippen LogP contribution in [-0.2, 0) is 7.05 Å². The van der Waals surface area contributed by atoms with Crippen molar-refractivity contribution in [2.24, 2.45) is 18.4 Å². The maximum absolute atomic E-state index is 12.4. The average molecular weight is 323 g/mol. The van der Waals surface area contributed by atoms with Gasteiger partial charge in [-0.05, 0) is 18.9 Å². The summed E-state index contributed by atoms with van der Waals surface area (Å²) in [6.45, 7) is 10.3. The van der Waals surface area contributed by atoms with Gasteiger partial charge < -0.3 is 10.4 Å². The van der Waals surface area contributed by atoms with Gasteiger partial charge in [-0.2, -0.15) is 5.10 Å². The van der Waals surface area contributed by atoms with Crippen LogP contribution in [0.15, 0.2) is 6.07 Å². The number of hydrogen-bond acceptors (Lipinski definition) is 4. The van der Waals surface area contributed by atoms with Gasteiger partial charge >= 0.3 is 0 Å². The largest absolute Gasteiger partial charge is 0.392 e. The molecule has 0 fully saturated rings. The first-order valence-electron chi connectivity index (χ1n) is 7.53. The number of aromatic nitrogens is 2. The fourth-order valence-electron chi connectivity index (χ4n) is 2.72. The average Bonchev–Trinajstić information content (AvgIpc) is 2.98. The molecule has 1 unspecified atom stereocenters. The zero-order valence-corrected chi connectivity index (χ0v) is 14.9. The molecule has 2 N–H and O–H groups in total. The number of thiophene rings is 1. The van der Waals surface area contributed by atoms with Crippen LogP contribution in [0.5, 0.6) is 0 Å². The van der Waals surface area contributed by atoms with Gasteiger partial charge in [-0.15, -0.1) is 11.3 Å². The number of aliphatic hydroxyl groups is 1. The van der Waals surface area contributed by atoms with Gasteiger partial charge in [-0.25, -0.2) is 0 Å². The summed E-state index contributed by atoms with van der Waals surface area (Å²) >= 11 is 1.44. The third kappa shape index (κ3) is 3.17. The van der Waals surface area contributed by atoms with Gasteiger partial charge in [0.2, 0.25) is 0 Å². The summed E-state index contributed by atoms with van der Waals surface area (Å²) in [5, 5.41) is 18.5. The van der Waals surface area contributed by atoms with Gasteiger partial charge in [0, 0.05) is 24.4 Å². The molecule has 5 nitrogen and oxygen atoms in total. The van der Waals surface area contributed by atoms with Gasteiger partial charge in [-0.1, -0.05) is 27.7 Å². The smallest absolute Gasteiger partial charge is 0.261 e. The van der Waals surface area contributed by atoms with Crippen molar-refractivity contribution in [3.8, 4) is 0 Å². The molecule has 1 atom stereocenters. The fourth-order valence-corrected chi connectivity index (χ4v) is 3.76. The van der Waals surface area contributed by atoms with E-state index >= 15 is 0 Å². The van der Waals surface area contributed by atoms with Gasteiger partial charge in [0.05, 0.1) is 16.7 Å². The molecule has 0 spiro atoms. The monoisotopic (exact) mass is 323 g/mol. The minimum Gasteiger partial charge on any atom is -0.392 e. The number of amides is 1. The molecule has 2 aromatic rings. The summed E-state index contributed by atoms with van der Waals surface area (Å²) < 4.78 is 1.80. The lowest BCUT2D eigenvalue weighted by molar-refractivity contribution is 0.0138. The molecule has 0 saturated carbocycles. The highest BCUT2D eigenvalue weighted by Gasteiger charge is 2.30. The first kappa shape index (κ1) is 17.0. The lowest BCUT2D eigenvalue weighted by Crippen LogP contribution is -2.43. The summed E-state index contributed by atoms with van der Waals surface area (Å²) in [4.78, 5) is 14.0. The summed E-state index contributed by atoms with van der Waals surface area (Å²) in [7, 11) is 1.88. The first-order chi connectivity index (χ1) is 10.1. The number of fused-ring (bicyclic) bond motifs is 1. The van der Waals surface area contributed by atoms with E-state index in [1.165, 1.54) is 11.3 Å². The molecule has 6 heteroatoms. The summed E-state index contributed by atoms with van der Waals surface area (Å²) in [5.74, 6) is 0.0644. The molecular weight excluding hydrogens is 298 g/mol. The normalized spacial score (nSPS) is 13.8. The number of hydrogen-bond donors (Lipinski definition) is 2. The Morgan fingerprint density at radius 2 is 2.14 bits per heavy atom. The number of carbonyl (C=O) groups is 1. The Balaban J connectivity index is 2.10. The molecule has 0 saturated heterocycles. The number of carbonyl (C=O) groups excluding carboxylic acids is 1. The molecule has 2 heterocycles. The highest BCUT2D eigenvalue weighted by molar-refractivity contribution is 7.20. The Morgan fingerprint density at radius 3 is 2.68 bits per heavy atom. The predicted molar refractivity (Wildman–Crippen MR) is 90.3 cm³/mol. The standard InChI is InChI=1S/C16H25N3O2S/c1-9(2)13(20)16(4,5)8-17-14(21)12-7-11-10(3)18-19(6)15(11)22-12/h7,9,13,20H,8H2,1-6H3,(H,17,21). The van der Waals surface area contributed by atoms with Crippen LogP contribution in [0.4, 0.5) is 0 Å². The number of nitrogens with zero attached hydrogens (tertiary/aromatic N) is 2. The second-order valence-corrected chi connectivity index (χ2v) is 7.93. The van der Waals surface area contributed by atoms with Gasteiger partial charge in [0.25, 0.3) is 5.91 Å². The SMILES string of the molecule is Cc1nn(C)c2sc(C(=O)NCC(C)(C)C(O)C(C)C)cc12. The van der Waals surface area contributed by atoms with Gasteiger partial charge in [-0.3, -0.25) is 9.48 Å². The molecule has 22 heavy (non-hydrogen) atoms. The number of aryl methyl sites for hydroxylation is 2. The van der Waals surface area contributed by atoms with E-state index in [-0.39, 0.29) is 17.2 Å². The van der Waals surface area contributed by atoms with Crippen LogP contribution in [0.3, 0.4) is 0 Å². The molecule has 1 amide bonds. The van der Waals surface area contributed by atoms with Crippen LogP contribution in [0.25, 0.3) is 10.2 Å². The minimum atomic E-state index is -0.457. The molecule has 0 radical (unpaired) electrons. The summed E-state index contributed by atoms with van der Waals surface area (Å²) in [6, 6.07) is 1.89. The van der Waals surface area contributed by atoms with Crippen molar-refractivity contribution in [1.29, 1.82) is 0 Å². The van der Waals surface area contributed by atoms with Crippen molar-refractivity contribution in [3.63, 3.8) is 0 Å². The quantitative estimate of drug-likeness (QED) is 0.889. The lowest BCUT2D eigenvalue weighted by atomic mass is 9.81. The number of rotatable bonds is 5. The van der Waals surface area contributed by atoms with E-state index < -0.39 is 6.10 Å². The van der Waals surface area contributed by atoms with Crippen LogP contribution in [-0.4, -0.2) is 33.4 Å². The summed E-state index contributed by atoms with van der Waals surface area (Å²) in [5.41, 5.74) is 0.571. The van der Waals surface area contributed by atoms with Crippen molar-refractivity contribution in [3.05, 3.63) is 16.6 Å². The topological polar surface area (TPSA) is 67.2 Å². The van der Waals surface area contributed by atoms with Crippen molar-refractivity contribution in [2.75, 3.05) is 6.54 Å². The molecule has 0 aliphatic carbocycles. The summed E-state index contributed by atoms with van der Waals surface area (Å²) in [6.07, 6.45) is -0.457. The lowest BCUT2D eigenvalue weighted by Gasteiger charge is -2.33. The Bertz CT molecular complexity index is 650. The second-order valence-electron chi connectivity index (χ2n) is 6.90. The molecule has 2 rings (SSSR count). The van der Waals surface area contributed by atoms with Crippen molar-refractivity contribution < 1.29 is 9.90 Å². The third-order valence-corrected chi connectivity index (χ3v) is 5.26. The van der Waals surface area contributed by atoms with E-state index in [0.29, 0.717) is 11.4 Å².